The Bertz CT molecular complexity index is 1320. The molecular formula is C33H43N3O3S. The van der Waals surface area contributed by atoms with Crippen LogP contribution in [0.2, 0.25) is 0 Å². The molecule has 2 N–H and O–H groups in total. The number of thioether (sulfide) groups is 1. The molecule has 0 amide bonds. The van der Waals surface area contributed by atoms with E-state index in [0.29, 0.717) is 24.8 Å². The average molecular weight is 562 g/mol. The maximum Gasteiger partial charge on any atom is 0.175 e. The van der Waals surface area contributed by atoms with E-state index in [4.69, 9.17) is 5.10 Å². The monoisotopic (exact) mass is 561 g/mol. The molecule has 0 radical (unpaired) electrons. The number of hydrogen-bond donors (Lipinski definition) is 2. The van der Waals surface area contributed by atoms with Crippen molar-refractivity contribution in [1.29, 1.82) is 0 Å². The number of rotatable bonds is 5. The van der Waals surface area contributed by atoms with E-state index in [1.807, 2.05) is 18.2 Å². The lowest BCUT2D eigenvalue weighted by Crippen LogP contribution is -2.62. The van der Waals surface area contributed by atoms with Crippen molar-refractivity contribution in [2.45, 2.75) is 107 Å². The number of fused-ring (bicyclic) bond motifs is 6. The van der Waals surface area contributed by atoms with Crippen LogP contribution in [0.5, 0.6) is 0 Å². The molecule has 7 heteroatoms. The molecule has 5 unspecified atom stereocenters. The van der Waals surface area contributed by atoms with Crippen molar-refractivity contribution in [2.24, 2.45) is 28.6 Å². The Morgan fingerprint density at radius 1 is 1.15 bits per heavy atom. The minimum absolute atomic E-state index is 0.112. The normalized spacial score (nSPS) is 39.0. The summed E-state index contributed by atoms with van der Waals surface area (Å²) in [5.41, 5.74) is 1.97. The zero-order chi connectivity index (χ0) is 27.7. The topological polar surface area (TPSA) is 88.2 Å². The fraction of sp³-hybridized carbons (Fsp3) is 0.667. The fourth-order valence-electron chi connectivity index (χ4n) is 9.98. The number of nitrogens with zero attached hydrogens (tertiary/aromatic N) is 3. The van der Waals surface area contributed by atoms with Crippen LogP contribution < -0.4 is 0 Å². The lowest BCUT2D eigenvalue weighted by molar-refractivity contribution is -0.177. The lowest BCUT2D eigenvalue weighted by atomic mass is 9.45. The maximum atomic E-state index is 13.6. The molecule has 7 atom stereocenters. The zero-order valence-corrected chi connectivity index (χ0v) is 24.7. The number of carbonyl (C=O) groups excluding carboxylic acids is 1. The summed E-state index contributed by atoms with van der Waals surface area (Å²) in [6.07, 6.45) is 16.9. The highest BCUT2D eigenvalue weighted by Gasteiger charge is 2.68. The number of carbonyl (C=O) groups is 1. The standard InChI is InChI=1S/C33H43N3O3S/c1-31-17-21-19-35-36(23-8-4-3-5-9-23)26(21)16-22(31)11-12-24-25-13-14-33(39,32(25,2)18-27(37)30(24)31)28(38)20-40-29-10-6-7-15-34-29/h6-7,10,15-16,19,23-25,27,30,37,39H,3-5,8-9,11-14,17-18,20H2,1-2H3/t24?,25?,27-,30?,31?,32?,33-/m0/s1. The Morgan fingerprint density at radius 3 is 2.75 bits per heavy atom. The molecule has 4 saturated carbocycles. The summed E-state index contributed by atoms with van der Waals surface area (Å²) < 4.78 is 2.31. The van der Waals surface area contributed by atoms with Crippen molar-refractivity contribution in [1.82, 2.24) is 14.8 Å². The van der Waals surface area contributed by atoms with Crippen LogP contribution in [0.4, 0.5) is 0 Å². The van der Waals surface area contributed by atoms with Gasteiger partial charge in [0, 0.05) is 11.6 Å². The molecule has 5 aliphatic carbocycles. The van der Waals surface area contributed by atoms with Gasteiger partial charge in [0.1, 0.15) is 5.60 Å². The summed E-state index contributed by atoms with van der Waals surface area (Å²) in [6, 6.07) is 6.20. The Balaban J connectivity index is 1.14. The second-order valence-corrected chi connectivity index (χ2v) is 14.9. The third-order valence-corrected chi connectivity index (χ3v) is 12.9. The summed E-state index contributed by atoms with van der Waals surface area (Å²) in [4.78, 5) is 18.0. The van der Waals surface area contributed by atoms with Gasteiger partial charge in [0.05, 0.1) is 34.8 Å². The van der Waals surface area contributed by atoms with E-state index in [1.54, 1.807) is 6.20 Å². The molecule has 0 spiro atoms. The molecule has 7 rings (SSSR count). The summed E-state index contributed by atoms with van der Waals surface area (Å²) in [5, 5.41) is 29.7. The first kappa shape index (κ1) is 26.9. The van der Waals surface area contributed by atoms with E-state index in [2.05, 4.69) is 35.8 Å². The molecule has 2 aromatic heterocycles. The van der Waals surface area contributed by atoms with E-state index in [9.17, 15) is 15.0 Å². The Kier molecular flexibility index (Phi) is 6.60. The van der Waals surface area contributed by atoms with Crippen LogP contribution in [0, 0.1) is 28.6 Å². The molecule has 2 heterocycles. The molecule has 2 aromatic rings. The quantitative estimate of drug-likeness (QED) is 0.434. The highest BCUT2D eigenvalue weighted by Crippen LogP contribution is 2.67. The Hall–Kier alpha value is -1.96. The van der Waals surface area contributed by atoms with Gasteiger partial charge >= 0.3 is 0 Å². The predicted molar refractivity (Wildman–Crippen MR) is 157 cm³/mol. The van der Waals surface area contributed by atoms with E-state index in [-0.39, 0.29) is 28.8 Å². The fourth-order valence-corrected chi connectivity index (χ4v) is 10.8. The van der Waals surface area contributed by atoms with Gasteiger partial charge in [-0.05, 0) is 98.3 Å². The van der Waals surface area contributed by atoms with Crippen LogP contribution in [0.1, 0.15) is 95.4 Å². The highest BCUT2D eigenvalue weighted by atomic mass is 32.2. The summed E-state index contributed by atoms with van der Waals surface area (Å²) in [6.45, 7) is 4.46. The second-order valence-electron chi connectivity index (χ2n) is 13.9. The van der Waals surface area contributed by atoms with Gasteiger partial charge < -0.3 is 10.2 Å². The number of aliphatic hydroxyl groups excluding tert-OH is 1. The molecule has 0 bridgehead atoms. The smallest absolute Gasteiger partial charge is 0.175 e. The van der Waals surface area contributed by atoms with Crippen LogP contribution >= 0.6 is 11.8 Å². The van der Waals surface area contributed by atoms with E-state index >= 15 is 0 Å². The van der Waals surface area contributed by atoms with E-state index in [1.165, 1.54) is 60.7 Å². The Labute approximate surface area is 242 Å². The second kappa shape index (κ2) is 9.81. The molecule has 5 aliphatic rings. The van der Waals surface area contributed by atoms with Gasteiger partial charge in [-0.15, -0.1) is 0 Å². The number of ketones is 1. The minimum atomic E-state index is -1.40. The Morgan fingerprint density at radius 2 is 1.98 bits per heavy atom. The van der Waals surface area contributed by atoms with Crippen LogP contribution in [0.25, 0.3) is 6.08 Å². The molecule has 0 saturated heterocycles. The largest absolute Gasteiger partial charge is 0.393 e. The number of Topliss-reactive ketones (excluding diaryl/α,β-unsaturated/α-hetero) is 1. The van der Waals surface area contributed by atoms with Crippen LogP contribution in [0.3, 0.4) is 0 Å². The maximum absolute atomic E-state index is 13.6. The van der Waals surface area contributed by atoms with Gasteiger partial charge in [-0.3, -0.25) is 9.48 Å². The van der Waals surface area contributed by atoms with E-state index < -0.39 is 17.1 Å². The summed E-state index contributed by atoms with van der Waals surface area (Å²) in [7, 11) is 0. The van der Waals surface area contributed by atoms with Gasteiger partial charge in [-0.1, -0.05) is 56.5 Å². The first-order valence-corrected chi connectivity index (χ1v) is 16.5. The molecule has 214 valence electrons. The van der Waals surface area contributed by atoms with Gasteiger partial charge in [0.25, 0.3) is 0 Å². The van der Waals surface area contributed by atoms with Crippen molar-refractivity contribution >= 4 is 23.6 Å². The third kappa shape index (κ3) is 3.94. The average Bonchev–Trinajstić information content (AvgIpc) is 3.48. The molecule has 6 nitrogen and oxygen atoms in total. The third-order valence-electron chi connectivity index (χ3n) is 12.0. The minimum Gasteiger partial charge on any atom is -0.393 e. The number of aromatic nitrogens is 3. The zero-order valence-electron chi connectivity index (χ0n) is 23.9. The van der Waals surface area contributed by atoms with Gasteiger partial charge in [-0.2, -0.15) is 5.10 Å². The van der Waals surface area contributed by atoms with Crippen LogP contribution in [-0.2, 0) is 11.2 Å². The predicted octanol–water partition coefficient (Wildman–Crippen LogP) is 6.03. The van der Waals surface area contributed by atoms with Gasteiger partial charge in [0.2, 0.25) is 0 Å². The lowest BCUT2D eigenvalue weighted by Gasteiger charge is -2.60. The van der Waals surface area contributed by atoms with Crippen molar-refractivity contribution in [3.63, 3.8) is 0 Å². The van der Waals surface area contributed by atoms with Crippen LogP contribution in [0.15, 0.2) is 41.2 Å². The number of aliphatic hydroxyl groups is 2. The number of hydrogen-bond acceptors (Lipinski definition) is 6. The van der Waals surface area contributed by atoms with Crippen molar-refractivity contribution in [3.8, 4) is 0 Å². The van der Waals surface area contributed by atoms with Gasteiger partial charge in [-0.25, -0.2) is 4.98 Å². The highest BCUT2D eigenvalue weighted by molar-refractivity contribution is 7.99. The number of pyridine rings is 1. The molecule has 0 aromatic carbocycles. The first-order valence-electron chi connectivity index (χ1n) is 15.5. The summed E-state index contributed by atoms with van der Waals surface area (Å²) in [5.74, 6) is 0.768. The first-order chi connectivity index (χ1) is 19.2. The molecular weight excluding hydrogens is 518 g/mol. The number of allylic oxidation sites excluding steroid dienone is 1. The molecule has 40 heavy (non-hydrogen) atoms. The SMILES string of the molecule is CC12Cc3cnn(C4CCCCC4)c3C=C1CCC1C2[C@@H](O)CC2(C)C1CC[C@]2(O)C(=O)CSc1ccccn1. The van der Waals surface area contributed by atoms with Crippen molar-refractivity contribution in [3.05, 3.63) is 47.4 Å². The molecule has 0 aliphatic heterocycles. The summed E-state index contributed by atoms with van der Waals surface area (Å²) >= 11 is 1.40. The van der Waals surface area contributed by atoms with E-state index in [0.717, 1.165) is 30.7 Å². The van der Waals surface area contributed by atoms with Crippen LogP contribution in [-0.4, -0.2) is 48.2 Å². The molecule has 4 fully saturated rings. The van der Waals surface area contributed by atoms with Crippen molar-refractivity contribution < 1.29 is 15.0 Å². The van der Waals surface area contributed by atoms with Gasteiger partial charge in [0.15, 0.2) is 5.78 Å². The van der Waals surface area contributed by atoms with Crippen molar-refractivity contribution in [2.75, 3.05) is 5.75 Å².